The van der Waals surface area contributed by atoms with Crippen molar-refractivity contribution in [1.29, 1.82) is 0 Å². The third kappa shape index (κ3) is 3.38. The third-order valence-corrected chi connectivity index (χ3v) is 3.11. The van der Waals surface area contributed by atoms with E-state index in [4.69, 9.17) is 9.52 Å². The maximum atomic E-state index is 10.7. The van der Waals surface area contributed by atoms with Gasteiger partial charge in [-0.3, -0.25) is 0 Å². The predicted octanol–water partition coefficient (Wildman–Crippen LogP) is 1.70. The van der Waals surface area contributed by atoms with Crippen molar-refractivity contribution < 1.29 is 19.4 Å². The molecule has 0 bridgehead atoms. The molecule has 0 aliphatic carbocycles. The van der Waals surface area contributed by atoms with Crippen LogP contribution in [0.4, 0.5) is 5.82 Å². The van der Waals surface area contributed by atoms with Crippen LogP contribution in [0, 0.1) is 13.8 Å². The van der Waals surface area contributed by atoms with Crippen LogP contribution in [-0.2, 0) is 5.60 Å². The minimum Gasteiger partial charge on any atom is -0.476 e. The Morgan fingerprint density at radius 3 is 2.57 bits per heavy atom. The molecule has 7 nitrogen and oxygen atoms in total. The monoisotopic (exact) mass is 291 g/mol. The molecule has 1 atom stereocenters. The largest absolute Gasteiger partial charge is 0.476 e. The fraction of sp³-hybridized carbons (Fsp3) is 0.357. The number of nitrogens with zero attached hydrogens (tertiary/aromatic N) is 2. The van der Waals surface area contributed by atoms with Crippen LogP contribution >= 0.6 is 0 Å². The van der Waals surface area contributed by atoms with Crippen LogP contribution in [0.1, 0.15) is 34.5 Å². The molecule has 7 heteroatoms. The van der Waals surface area contributed by atoms with Gasteiger partial charge in [0, 0.05) is 12.1 Å². The second-order valence-electron chi connectivity index (χ2n) is 5.05. The molecule has 0 radical (unpaired) electrons. The molecule has 0 saturated heterocycles. The summed E-state index contributed by atoms with van der Waals surface area (Å²) in [7, 11) is 0. The van der Waals surface area contributed by atoms with Crippen molar-refractivity contribution in [2.75, 3.05) is 11.9 Å². The summed E-state index contributed by atoms with van der Waals surface area (Å²) in [6, 6.07) is 1.79. The van der Waals surface area contributed by atoms with Crippen molar-refractivity contribution in [3.8, 4) is 0 Å². The zero-order valence-corrected chi connectivity index (χ0v) is 12.0. The first-order chi connectivity index (χ1) is 9.79. The van der Waals surface area contributed by atoms with Gasteiger partial charge in [0.25, 0.3) is 0 Å². The second-order valence-corrected chi connectivity index (χ2v) is 5.05. The first-order valence-corrected chi connectivity index (χ1v) is 6.39. The van der Waals surface area contributed by atoms with E-state index in [2.05, 4.69) is 15.3 Å². The molecule has 112 valence electrons. The fourth-order valence-electron chi connectivity index (χ4n) is 2.05. The van der Waals surface area contributed by atoms with Gasteiger partial charge in [0.15, 0.2) is 5.69 Å². The molecule has 3 N–H and O–H groups in total. The van der Waals surface area contributed by atoms with Crippen molar-refractivity contribution in [2.45, 2.75) is 26.4 Å². The molecular formula is C14H17N3O4. The van der Waals surface area contributed by atoms with E-state index in [0.717, 1.165) is 12.0 Å². The fourth-order valence-corrected chi connectivity index (χ4v) is 2.05. The van der Waals surface area contributed by atoms with E-state index in [0.29, 0.717) is 17.1 Å². The number of aryl methyl sites for hydroxylation is 2. The molecule has 21 heavy (non-hydrogen) atoms. The highest BCUT2D eigenvalue weighted by molar-refractivity contribution is 5.84. The first-order valence-electron chi connectivity index (χ1n) is 6.39. The van der Waals surface area contributed by atoms with Crippen molar-refractivity contribution in [1.82, 2.24) is 9.97 Å². The zero-order valence-electron chi connectivity index (χ0n) is 12.0. The summed E-state index contributed by atoms with van der Waals surface area (Å²) < 4.78 is 5.41. The van der Waals surface area contributed by atoms with E-state index >= 15 is 0 Å². The molecule has 2 heterocycles. The number of aliphatic hydroxyl groups is 1. The molecule has 0 fully saturated rings. The predicted molar refractivity (Wildman–Crippen MR) is 75.2 cm³/mol. The summed E-state index contributed by atoms with van der Waals surface area (Å²) in [6.45, 7) is 5.46. The van der Waals surface area contributed by atoms with Gasteiger partial charge in [-0.05, 0) is 26.8 Å². The van der Waals surface area contributed by atoms with Crippen LogP contribution in [-0.4, -0.2) is 32.7 Å². The maximum absolute atomic E-state index is 10.7. The lowest BCUT2D eigenvalue weighted by Crippen LogP contribution is -2.31. The number of hydrogen-bond donors (Lipinski definition) is 3. The number of rotatable bonds is 5. The number of aromatic nitrogens is 2. The van der Waals surface area contributed by atoms with Crippen LogP contribution in [0.3, 0.4) is 0 Å². The number of carbonyl (C=O) groups is 1. The molecule has 0 spiro atoms. The molecular weight excluding hydrogens is 274 g/mol. The van der Waals surface area contributed by atoms with Crippen LogP contribution in [0.2, 0.25) is 0 Å². The second kappa shape index (κ2) is 5.53. The van der Waals surface area contributed by atoms with Crippen LogP contribution in [0.5, 0.6) is 0 Å². The van der Waals surface area contributed by atoms with E-state index in [9.17, 15) is 9.90 Å². The summed E-state index contributed by atoms with van der Waals surface area (Å²) in [5.74, 6) is 0.642. The molecule has 0 aliphatic heterocycles. The molecule has 2 rings (SSSR count). The highest BCUT2D eigenvalue weighted by Crippen LogP contribution is 2.27. The van der Waals surface area contributed by atoms with Crippen molar-refractivity contribution >= 4 is 11.8 Å². The first kappa shape index (κ1) is 15.0. The summed E-state index contributed by atoms with van der Waals surface area (Å²) in [5, 5.41) is 22.2. The highest BCUT2D eigenvalue weighted by atomic mass is 16.4. The number of carboxylic acids is 1. The lowest BCUT2D eigenvalue weighted by molar-refractivity contribution is 0.0683. The Morgan fingerprint density at radius 2 is 2.10 bits per heavy atom. The maximum Gasteiger partial charge on any atom is 0.356 e. The number of nitrogens with one attached hydrogen (secondary N) is 1. The van der Waals surface area contributed by atoms with Crippen molar-refractivity contribution in [3.63, 3.8) is 0 Å². The molecule has 2 aromatic heterocycles. The van der Waals surface area contributed by atoms with E-state index < -0.39 is 11.6 Å². The van der Waals surface area contributed by atoms with Gasteiger partial charge in [-0.2, -0.15) is 0 Å². The molecule has 2 aromatic rings. The summed E-state index contributed by atoms with van der Waals surface area (Å²) in [4.78, 5) is 18.4. The summed E-state index contributed by atoms with van der Waals surface area (Å²) in [5.41, 5.74) is -0.578. The average Bonchev–Trinajstić information content (AvgIpc) is 2.77. The van der Waals surface area contributed by atoms with Gasteiger partial charge in [-0.25, -0.2) is 14.8 Å². The highest BCUT2D eigenvalue weighted by Gasteiger charge is 2.27. The van der Waals surface area contributed by atoms with Gasteiger partial charge in [-0.1, -0.05) is 0 Å². The standard InChI is InChI=1S/C14H17N3O4/c1-8-4-10(9(2)21-8)14(3,20)7-17-12-6-15-11(5-16-12)13(18)19/h4-6,20H,7H2,1-3H3,(H,16,17)(H,18,19). The van der Waals surface area contributed by atoms with Crippen LogP contribution < -0.4 is 5.32 Å². The minimum absolute atomic E-state index is 0.131. The Labute approximate surface area is 121 Å². The molecule has 0 aromatic carbocycles. The van der Waals surface area contributed by atoms with Gasteiger partial charge < -0.3 is 19.9 Å². The smallest absolute Gasteiger partial charge is 0.356 e. The van der Waals surface area contributed by atoms with E-state index in [1.54, 1.807) is 19.9 Å². The molecule has 0 amide bonds. The number of furan rings is 1. The average molecular weight is 291 g/mol. The van der Waals surface area contributed by atoms with E-state index in [1.807, 2.05) is 6.92 Å². The molecule has 0 aliphatic rings. The lowest BCUT2D eigenvalue weighted by atomic mass is 9.96. The SMILES string of the molecule is Cc1cc(C(C)(O)CNc2cnc(C(=O)O)cn2)c(C)o1. The number of anilines is 1. The Kier molecular flexibility index (Phi) is 3.95. The van der Waals surface area contributed by atoms with Crippen molar-refractivity contribution in [2.24, 2.45) is 0 Å². The number of aromatic carboxylic acids is 1. The van der Waals surface area contributed by atoms with Gasteiger partial charge in [-0.15, -0.1) is 0 Å². The minimum atomic E-state index is -1.14. The molecule has 1 unspecified atom stereocenters. The normalized spacial score (nSPS) is 13.7. The Balaban J connectivity index is 2.07. The summed E-state index contributed by atoms with van der Waals surface area (Å²) in [6.07, 6.45) is 2.47. The van der Waals surface area contributed by atoms with Crippen LogP contribution in [0.25, 0.3) is 0 Å². The Morgan fingerprint density at radius 1 is 1.38 bits per heavy atom. The Bertz CT molecular complexity index is 647. The number of carboxylic acid groups (broad SMARTS) is 1. The lowest BCUT2D eigenvalue weighted by Gasteiger charge is -2.23. The van der Waals surface area contributed by atoms with Gasteiger partial charge >= 0.3 is 5.97 Å². The van der Waals surface area contributed by atoms with Crippen molar-refractivity contribution in [3.05, 3.63) is 41.2 Å². The van der Waals surface area contributed by atoms with Gasteiger partial charge in [0.05, 0.1) is 12.4 Å². The molecule has 0 saturated carbocycles. The summed E-state index contributed by atoms with van der Waals surface area (Å²) >= 11 is 0. The quantitative estimate of drug-likeness (QED) is 0.769. The number of hydrogen-bond acceptors (Lipinski definition) is 6. The Hall–Kier alpha value is -2.41. The topological polar surface area (TPSA) is 108 Å². The zero-order chi connectivity index (χ0) is 15.6. The van der Waals surface area contributed by atoms with Gasteiger partial charge in [0.2, 0.25) is 0 Å². The van der Waals surface area contributed by atoms with Gasteiger partial charge in [0.1, 0.15) is 22.9 Å². The van der Waals surface area contributed by atoms with E-state index in [1.165, 1.54) is 6.20 Å². The van der Waals surface area contributed by atoms with Crippen LogP contribution in [0.15, 0.2) is 22.9 Å². The van der Waals surface area contributed by atoms with E-state index in [-0.39, 0.29) is 12.2 Å². The third-order valence-electron chi connectivity index (χ3n) is 3.11.